The van der Waals surface area contributed by atoms with Crippen molar-refractivity contribution in [1.82, 2.24) is 9.78 Å². The van der Waals surface area contributed by atoms with E-state index in [0.717, 1.165) is 12.1 Å². The lowest BCUT2D eigenvalue weighted by molar-refractivity contribution is 0.764. The Labute approximate surface area is 94.0 Å². The van der Waals surface area contributed by atoms with Crippen LogP contribution in [0.2, 0.25) is 0 Å². The zero-order chi connectivity index (χ0) is 11.8. The van der Waals surface area contributed by atoms with E-state index in [2.05, 4.69) is 24.3 Å². The Hall–Kier alpha value is -1.05. The average molecular weight is 208 g/mol. The SMILES string of the molecule is CC.CC.CC1=Cc2nn(C)cc2CC1. The van der Waals surface area contributed by atoms with E-state index in [1.807, 2.05) is 39.4 Å². The molecule has 1 aliphatic carbocycles. The highest BCUT2D eigenvalue weighted by Gasteiger charge is 2.10. The maximum atomic E-state index is 4.34. The molecule has 0 saturated heterocycles. The van der Waals surface area contributed by atoms with Gasteiger partial charge in [0.15, 0.2) is 0 Å². The van der Waals surface area contributed by atoms with Gasteiger partial charge in [-0.25, -0.2) is 0 Å². The highest BCUT2D eigenvalue weighted by atomic mass is 15.2. The summed E-state index contributed by atoms with van der Waals surface area (Å²) in [5, 5.41) is 4.34. The zero-order valence-corrected chi connectivity index (χ0v) is 11.0. The molecule has 0 bridgehead atoms. The van der Waals surface area contributed by atoms with Gasteiger partial charge in [0.2, 0.25) is 0 Å². The molecule has 0 spiro atoms. The topological polar surface area (TPSA) is 17.8 Å². The van der Waals surface area contributed by atoms with Gasteiger partial charge >= 0.3 is 0 Å². The van der Waals surface area contributed by atoms with Gasteiger partial charge in [-0.2, -0.15) is 5.10 Å². The first-order valence-corrected chi connectivity index (χ1v) is 5.95. The van der Waals surface area contributed by atoms with Gasteiger partial charge in [0.25, 0.3) is 0 Å². The van der Waals surface area contributed by atoms with E-state index in [0.29, 0.717) is 0 Å². The summed E-state index contributed by atoms with van der Waals surface area (Å²) in [6, 6.07) is 0. The Balaban J connectivity index is 0.000000442. The summed E-state index contributed by atoms with van der Waals surface area (Å²) in [6.45, 7) is 10.2. The fourth-order valence-electron chi connectivity index (χ4n) is 1.51. The van der Waals surface area contributed by atoms with Gasteiger partial charge in [0, 0.05) is 13.2 Å². The first kappa shape index (κ1) is 13.9. The van der Waals surface area contributed by atoms with Gasteiger partial charge in [-0.1, -0.05) is 33.3 Å². The summed E-state index contributed by atoms with van der Waals surface area (Å²) >= 11 is 0. The van der Waals surface area contributed by atoms with Crippen molar-refractivity contribution in [3.05, 3.63) is 23.0 Å². The summed E-state index contributed by atoms with van der Waals surface area (Å²) in [4.78, 5) is 0. The number of hydrogen-bond donors (Lipinski definition) is 0. The van der Waals surface area contributed by atoms with Crippen molar-refractivity contribution < 1.29 is 0 Å². The second-order valence-corrected chi connectivity index (χ2v) is 3.20. The van der Waals surface area contributed by atoms with Crippen molar-refractivity contribution >= 4 is 6.08 Å². The molecule has 0 amide bonds. The maximum absolute atomic E-state index is 4.34. The highest BCUT2D eigenvalue weighted by Crippen LogP contribution is 2.21. The molecule has 2 nitrogen and oxygen atoms in total. The summed E-state index contributed by atoms with van der Waals surface area (Å²) in [5.41, 5.74) is 3.99. The molecule has 0 saturated carbocycles. The quantitative estimate of drug-likeness (QED) is 0.633. The highest BCUT2D eigenvalue weighted by molar-refractivity contribution is 5.54. The minimum Gasteiger partial charge on any atom is -0.275 e. The van der Waals surface area contributed by atoms with Crippen LogP contribution < -0.4 is 0 Å². The van der Waals surface area contributed by atoms with E-state index in [4.69, 9.17) is 0 Å². The van der Waals surface area contributed by atoms with Gasteiger partial charge in [0.05, 0.1) is 5.69 Å². The van der Waals surface area contributed by atoms with Crippen LogP contribution in [0.3, 0.4) is 0 Å². The van der Waals surface area contributed by atoms with Crippen molar-refractivity contribution in [2.45, 2.75) is 47.5 Å². The average Bonchev–Trinajstić information content (AvgIpc) is 2.63. The lowest BCUT2D eigenvalue weighted by atomic mass is 9.99. The summed E-state index contributed by atoms with van der Waals surface area (Å²) in [5.74, 6) is 0. The molecule has 0 aliphatic heterocycles. The van der Waals surface area contributed by atoms with Gasteiger partial charge < -0.3 is 0 Å². The number of aromatic nitrogens is 2. The third kappa shape index (κ3) is 3.90. The van der Waals surface area contributed by atoms with Crippen LogP contribution in [0.25, 0.3) is 6.08 Å². The maximum Gasteiger partial charge on any atom is 0.0882 e. The smallest absolute Gasteiger partial charge is 0.0882 e. The summed E-state index contributed by atoms with van der Waals surface area (Å²) in [7, 11) is 1.97. The number of hydrogen-bond acceptors (Lipinski definition) is 1. The van der Waals surface area contributed by atoms with Crippen LogP contribution in [0.1, 0.15) is 52.3 Å². The number of aryl methyl sites for hydroxylation is 2. The molecule has 86 valence electrons. The molecule has 2 heteroatoms. The number of rotatable bonds is 0. The third-order valence-corrected chi connectivity index (χ3v) is 2.11. The molecule has 0 atom stereocenters. The van der Waals surface area contributed by atoms with Crippen LogP contribution >= 0.6 is 0 Å². The minimum absolute atomic E-state index is 1.16. The Morgan fingerprint density at radius 1 is 1.13 bits per heavy atom. The molecule has 1 aromatic rings. The Bertz CT molecular complexity index is 308. The number of allylic oxidation sites excluding steroid dienone is 1. The van der Waals surface area contributed by atoms with Crippen LogP contribution in [0.5, 0.6) is 0 Å². The van der Waals surface area contributed by atoms with E-state index in [1.54, 1.807) is 0 Å². The van der Waals surface area contributed by atoms with Crippen LogP contribution in [-0.4, -0.2) is 9.78 Å². The van der Waals surface area contributed by atoms with E-state index in [-0.39, 0.29) is 0 Å². The molecule has 0 unspecified atom stereocenters. The van der Waals surface area contributed by atoms with Crippen molar-refractivity contribution in [2.75, 3.05) is 0 Å². The lowest BCUT2D eigenvalue weighted by Crippen LogP contribution is -1.94. The molecule has 1 heterocycles. The number of fused-ring (bicyclic) bond motifs is 1. The second-order valence-electron chi connectivity index (χ2n) is 3.20. The third-order valence-electron chi connectivity index (χ3n) is 2.11. The minimum atomic E-state index is 1.16. The Morgan fingerprint density at radius 2 is 1.73 bits per heavy atom. The summed E-state index contributed by atoms with van der Waals surface area (Å²) < 4.78 is 1.89. The van der Waals surface area contributed by atoms with Gasteiger partial charge in [-0.15, -0.1) is 0 Å². The fourth-order valence-corrected chi connectivity index (χ4v) is 1.51. The predicted molar refractivity (Wildman–Crippen MR) is 67.9 cm³/mol. The van der Waals surface area contributed by atoms with Crippen molar-refractivity contribution in [3.8, 4) is 0 Å². The molecule has 1 aromatic heterocycles. The molecule has 0 fully saturated rings. The zero-order valence-electron chi connectivity index (χ0n) is 11.0. The molecule has 2 rings (SSSR count). The number of nitrogens with zero attached hydrogens (tertiary/aromatic N) is 2. The first-order chi connectivity index (χ1) is 7.25. The van der Waals surface area contributed by atoms with Crippen LogP contribution in [0.15, 0.2) is 11.8 Å². The van der Waals surface area contributed by atoms with Gasteiger partial charge in [-0.05, 0) is 31.4 Å². The van der Waals surface area contributed by atoms with Crippen molar-refractivity contribution in [2.24, 2.45) is 7.05 Å². The molecule has 15 heavy (non-hydrogen) atoms. The normalized spacial score (nSPS) is 12.5. The van der Waals surface area contributed by atoms with Gasteiger partial charge in [-0.3, -0.25) is 4.68 Å². The molecular formula is C13H24N2. The first-order valence-electron chi connectivity index (χ1n) is 5.95. The van der Waals surface area contributed by atoms with Crippen molar-refractivity contribution in [3.63, 3.8) is 0 Å². The van der Waals surface area contributed by atoms with E-state index >= 15 is 0 Å². The fraction of sp³-hybridized carbons (Fsp3) is 0.615. The molecule has 0 aromatic carbocycles. The van der Waals surface area contributed by atoms with Crippen LogP contribution in [-0.2, 0) is 13.5 Å². The van der Waals surface area contributed by atoms with Gasteiger partial charge in [0.1, 0.15) is 0 Å². The molecular weight excluding hydrogens is 184 g/mol. The standard InChI is InChI=1S/C9H12N2.2C2H6/c1-7-3-4-8-6-11(2)10-9(8)5-7;2*1-2/h5-6H,3-4H2,1-2H3;2*1-2H3. The van der Waals surface area contributed by atoms with E-state index in [9.17, 15) is 0 Å². The Kier molecular flexibility index (Phi) is 6.76. The van der Waals surface area contributed by atoms with E-state index < -0.39 is 0 Å². The van der Waals surface area contributed by atoms with Crippen molar-refractivity contribution in [1.29, 1.82) is 0 Å². The molecule has 1 aliphatic rings. The lowest BCUT2D eigenvalue weighted by Gasteiger charge is -2.06. The predicted octanol–water partition coefficient (Wildman–Crippen LogP) is 3.82. The monoisotopic (exact) mass is 208 g/mol. The van der Waals surface area contributed by atoms with Crippen LogP contribution in [0, 0.1) is 0 Å². The van der Waals surface area contributed by atoms with Crippen LogP contribution in [0.4, 0.5) is 0 Å². The largest absolute Gasteiger partial charge is 0.275 e. The summed E-state index contributed by atoms with van der Waals surface area (Å²) in [6.07, 6.45) is 6.64. The Morgan fingerprint density at radius 3 is 2.33 bits per heavy atom. The molecule has 0 N–H and O–H groups in total. The molecule has 0 radical (unpaired) electrons. The van der Waals surface area contributed by atoms with E-state index in [1.165, 1.54) is 17.6 Å². The second kappa shape index (κ2) is 7.27.